The molecule has 3 aromatic rings. The monoisotopic (exact) mass is 1250 g/mol. The maximum Gasteiger partial charge on any atom is 0.408 e. The van der Waals surface area contributed by atoms with Gasteiger partial charge in [0.05, 0.1) is 36.0 Å². The van der Waals surface area contributed by atoms with Crippen LogP contribution in [0.2, 0.25) is 0 Å². The minimum absolute atomic E-state index is 0.0782. The van der Waals surface area contributed by atoms with Crippen molar-refractivity contribution >= 4 is 71.3 Å². The molecule has 7 rings (SSSR count). The number of carbonyl (C=O) groups is 11. The van der Waals surface area contributed by atoms with Crippen LogP contribution in [0.15, 0.2) is 96.1 Å². The minimum atomic E-state index is -2.33. The van der Waals surface area contributed by atoms with Crippen LogP contribution in [0.5, 0.6) is 0 Å². The molecule has 2 saturated carbocycles. The van der Waals surface area contributed by atoms with Crippen molar-refractivity contribution in [1.29, 1.82) is 0 Å². The Morgan fingerprint density at radius 1 is 0.789 bits per heavy atom. The van der Waals surface area contributed by atoms with Gasteiger partial charge in [-0.3, -0.25) is 24.0 Å². The van der Waals surface area contributed by atoms with Crippen LogP contribution in [0, 0.1) is 22.7 Å². The van der Waals surface area contributed by atoms with Gasteiger partial charge in [-0.15, -0.1) is 0 Å². The number of hydrogen-bond acceptors (Lipinski definition) is 19. The molecule has 1 heterocycles. The Morgan fingerprint density at radius 2 is 1.40 bits per heavy atom. The van der Waals surface area contributed by atoms with Crippen LogP contribution in [0.1, 0.15) is 128 Å². The minimum Gasteiger partial charge on any atom is -0.481 e. The van der Waals surface area contributed by atoms with Gasteiger partial charge < -0.3 is 74.9 Å². The van der Waals surface area contributed by atoms with Gasteiger partial charge in [0.25, 0.3) is 0 Å². The first kappa shape index (κ1) is 68.7. The maximum atomic E-state index is 15.8. The molecule has 0 unspecified atom stereocenters. The predicted molar refractivity (Wildman–Crippen MR) is 315 cm³/mol. The molecule has 26 nitrogen and oxygen atoms in total. The number of rotatable bonds is 23. The molecule has 4 amide bonds. The summed E-state index contributed by atoms with van der Waals surface area (Å²) < 4.78 is 43.0. The van der Waals surface area contributed by atoms with Crippen LogP contribution < -0.4 is 21.3 Å². The number of anilines is 1. The highest BCUT2D eigenvalue weighted by Crippen LogP contribution is 2.65. The van der Waals surface area contributed by atoms with Gasteiger partial charge in [-0.05, 0) is 87.6 Å². The molecule has 2 bridgehead atoms. The number of hydrogen-bond donors (Lipinski definition) is 8. The van der Waals surface area contributed by atoms with E-state index < -0.39 is 186 Å². The molecule has 1 saturated heterocycles. The first-order valence-electron chi connectivity index (χ1n) is 29.3. The number of fused-ring (bicyclic) bond motifs is 5. The SMILES string of the molecule is CO[C@H]1C[C@H]2OC[C@@]2(OC(C)=O)[C@H]2[C@H](OC(=O)c3ccccc3)[C@]3(O)C[C@H](OC(=O)[C@H](OC(=O)CCC(=O)Nc4ccc(C[C@H](NC(=O)N[C@@H](CCC(=O)O)C(=O)O)C(=O)O)cc4)[C@@H](NC(=O)OC(C)(C)C)c4ccccc4)C(C)=C([C@@H](C)C(=O)[C@]12C)C3(C)C. The van der Waals surface area contributed by atoms with Crippen LogP contribution in [0.3, 0.4) is 0 Å². The lowest BCUT2D eigenvalue weighted by Gasteiger charge is -2.68. The number of carbonyl (C=O) groups excluding carboxylic acids is 8. The number of amides is 4. The van der Waals surface area contributed by atoms with Gasteiger partial charge >= 0.3 is 53.9 Å². The molecule has 3 aromatic carbocycles. The van der Waals surface area contributed by atoms with Crippen molar-refractivity contribution in [3.05, 3.63) is 113 Å². The van der Waals surface area contributed by atoms with E-state index in [1.54, 1.807) is 91.8 Å². The number of carboxylic acids is 3. The molecule has 0 aromatic heterocycles. The molecule has 0 spiro atoms. The van der Waals surface area contributed by atoms with Crippen LogP contribution in [0.4, 0.5) is 15.3 Å². The van der Waals surface area contributed by atoms with Gasteiger partial charge in [-0.2, -0.15) is 0 Å². The van der Waals surface area contributed by atoms with E-state index in [-0.39, 0.29) is 36.3 Å². The number of ketones is 1. The van der Waals surface area contributed by atoms with Gasteiger partial charge in [0.1, 0.15) is 53.4 Å². The fourth-order valence-corrected chi connectivity index (χ4v) is 13.2. The zero-order valence-corrected chi connectivity index (χ0v) is 51.7. The quantitative estimate of drug-likeness (QED) is 0.0317. The summed E-state index contributed by atoms with van der Waals surface area (Å²) in [5.74, 6) is -12.0. The number of aliphatic carboxylic acids is 3. The molecule has 90 heavy (non-hydrogen) atoms. The van der Waals surface area contributed by atoms with E-state index in [1.165, 1.54) is 62.6 Å². The Labute approximate surface area is 519 Å². The van der Waals surface area contributed by atoms with E-state index >= 15 is 9.59 Å². The highest BCUT2D eigenvalue weighted by atomic mass is 16.6. The molecule has 486 valence electrons. The average Bonchev–Trinajstić information content (AvgIpc) is 0.671. The number of benzene rings is 3. The summed E-state index contributed by atoms with van der Waals surface area (Å²) >= 11 is 0. The molecule has 3 aliphatic carbocycles. The van der Waals surface area contributed by atoms with Gasteiger partial charge in [-0.25, -0.2) is 28.8 Å². The van der Waals surface area contributed by atoms with Crippen molar-refractivity contribution in [2.24, 2.45) is 22.7 Å². The number of aliphatic hydroxyl groups is 1. The van der Waals surface area contributed by atoms with Crippen molar-refractivity contribution in [3.8, 4) is 0 Å². The number of alkyl carbamates (subject to hydrolysis) is 1. The highest BCUT2D eigenvalue weighted by molar-refractivity contribution is 5.94. The summed E-state index contributed by atoms with van der Waals surface area (Å²) in [6.07, 6.45) is -11.2. The first-order chi connectivity index (χ1) is 42.2. The maximum absolute atomic E-state index is 15.8. The van der Waals surface area contributed by atoms with E-state index in [0.29, 0.717) is 16.7 Å². The fraction of sp³-hybridized carbons (Fsp3) is 0.516. The van der Waals surface area contributed by atoms with Crippen molar-refractivity contribution in [3.63, 3.8) is 0 Å². The molecule has 8 N–H and O–H groups in total. The Morgan fingerprint density at radius 3 is 1.96 bits per heavy atom. The largest absolute Gasteiger partial charge is 0.481 e. The Bertz CT molecular complexity index is 3270. The highest BCUT2D eigenvalue weighted by Gasteiger charge is 2.78. The third kappa shape index (κ3) is 14.8. The van der Waals surface area contributed by atoms with Gasteiger partial charge in [-0.1, -0.05) is 81.4 Å². The van der Waals surface area contributed by atoms with E-state index in [1.807, 2.05) is 0 Å². The van der Waals surface area contributed by atoms with E-state index in [9.17, 15) is 58.5 Å². The zero-order valence-electron chi connectivity index (χ0n) is 51.7. The van der Waals surface area contributed by atoms with Crippen LogP contribution >= 0.6 is 0 Å². The molecular formula is C64H78N4O22. The summed E-state index contributed by atoms with van der Waals surface area (Å²) in [5.41, 5.74) is -6.79. The number of ether oxygens (including phenoxy) is 7. The molecule has 13 atom stereocenters. The Balaban J connectivity index is 1.19. The summed E-state index contributed by atoms with van der Waals surface area (Å²) in [5, 5.41) is 51.7. The summed E-state index contributed by atoms with van der Waals surface area (Å²) in [6.45, 7) is 14.0. The third-order valence-electron chi connectivity index (χ3n) is 17.4. The molecule has 26 heteroatoms. The number of nitrogens with one attached hydrogen (secondary N) is 4. The van der Waals surface area contributed by atoms with Crippen molar-refractivity contribution in [2.75, 3.05) is 19.0 Å². The number of methoxy groups -OCH3 is 1. The molecule has 3 fully saturated rings. The molecule has 4 aliphatic rings. The van der Waals surface area contributed by atoms with Crippen molar-refractivity contribution < 1.29 is 106 Å². The summed E-state index contributed by atoms with van der Waals surface area (Å²) in [6, 6.07) is 15.6. The second kappa shape index (κ2) is 27.6. The first-order valence-corrected chi connectivity index (χ1v) is 29.3. The number of esters is 4. The Kier molecular flexibility index (Phi) is 21.0. The van der Waals surface area contributed by atoms with Crippen LogP contribution in [0.25, 0.3) is 0 Å². The lowest BCUT2D eigenvalue weighted by molar-refractivity contribution is -0.346. The molecular weight excluding hydrogens is 1180 g/mol. The average molecular weight is 1260 g/mol. The second-order valence-corrected chi connectivity index (χ2v) is 24.8. The summed E-state index contributed by atoms with van der Waals surface area (Å²) in [4.78, 5) is 148. The molecule has 0 radical (unpaired) electrons. The second-order valence-electron chi connectivity index (χ2n) is 24.8. The number of Topliss-reactive ketones (excluding diaryl/α,β-unsaturated/α-hetero) is 1. The Hall–Kier alpha value is -8.75. The van der Waals surface area contributed by atoms with E-state index in [2.05, 4.69) is 21.3 Å². The van der Waals surface area contributed by atoms with Crippen molar-refractivity contribution in [2.45, 2.75) is 173 Å². The predicted octanol–water partition coefficient (Wildman–Crippen LogP) is 5.77. The van der Waals surface area contributed by atoms with E-state index in [4.69, 9.17) is 38.3 Å². The van der Waals surface area contributed by atoms with E-state index in [0.717, 1.165) is 0 Å². The molecule has 1 aliphatic heterocycles. The van der Waals surface area contributed by atoms with Crippen LogP contribution in [-0.4, -0.2) is 159 Å². The lowest BCUT2D eigenvalue weighted by atomic mass is 9.43. The van der Waals surface area contributed by atoms with Crippen molar-refractivity contribution in [1.82, 2.24) is 16.0 Å². The topological polar surface area (TPSA) is 381 Å². The standard InChI is InChI=1S/C64H78N4O22/c1-33-42(31-64(83)53(88-56(79)38-19-15-12-16-20-38)51-62(9,52(74)34(2)48(33)61(64,7)8)43(84-10)30-44-63(51,32-85-44)89-35(3)69)86-57(80)50(49(37-17-13-11-14-18-37)68-59(82)90-60(4,5)6)87-47(73)28-26-45(70)65-39-23-21-36(22-24-39)29-41(55(77)78)67-58(81)66-40(54(75)76)25-27-46(71)72/h11-24,34,40-44,49-51,53,83H,25-32H2,1-10H3,(H,65,70)(H,68,82)(H,71,72)(H,75,76)(H,77,78)(H2,66,67,81)/t34-,40+,41+,42+,43+,44-,49+,50-,51+,53+,62-,63+,64-/m1/s1. The van der Waals surface area contributed by atoms with Gasteiger partial charge in [0, 0.05) is 63.2 Å². The van der Waals surface area contributed by atoms with Gasteiger partial charge in [0.15, 0.2) is 5.60 Å². The normalized spacial score (nSPS) is 26.2. The fourth-order valence-electron chi connectivity index (χ4n) is 13.2. The van der Waals surface area contributed by atoms with Crippen LogP contribution in [-0.2, 0) is 77.9 Å². The van der Waals surface area contributed by atoms with Gasteiger partial charge in [0.2, 0.25) is 12.0 Å². The number of urea groups is 1. The third-order valence-corrected chi connectivity index (χ3v) is 17.4. The smallest absolute Gasteiger partial charge is 0.408 e. The number of carboxylic acid groups (broad SMARTS) is 3. The summed E-state index contributed by atoms with van der Waals surface area (Å²) in [7, 11) is 1.42. The zero-order chi connectivity index (χ0) is 66.4. The lowest BCUT2D eigenvalue weighted by Crippen LogP contribution is -2.81.